The van der Waals surface area contributed by atoms with Crippen LogP contribution in [0.3, 0.4) is 0 Å². The maximum atomic E-state index is 11.8. The lowest BCUT2D eigenvalue weighted by atomic mass is 10.1. The van der Waals surface area contributed by atoms with Crippen LogP contribution in [-0.4, -0.2) is 52.5 Å². The molecule has 2 rings (SSSR count). The maximum absolute atomic E-state index is 11.8. The molecule has 1 aromatic rings. The van der Waals surface area contributed by atoms with Gasteiger partial charge in [0.2, 0.25) is 0 Å². The quantitative estimate of drug-likeness (QED) is 0.616. The van der Waals surface area contributed by atoms with Crippen molar-refractivity contribution < 1.29 is 29.6 Å². The lowest BCUT2D eigenvalue weighted by molar-refractivity contribution is -0.132. The number of hydrogen-bond donors (Lipinski definition) is 3. The standard InChI is InChI=1S/C12H14O6/c13-6-8-10(9(14)12(16)17-8)18-11(15)7-4-2-1-3-5-7/h1-5,8-10,12-14,16H,6H2/t8-,9+,10-,12-/m1/s1. The van der Waals surface area contributed by atoms with E-state index in [1.54, 1.807) is 30.3 Å². The van der Waals surface area contributed by atoms with Gasteiger partial charge in [-0.25, -0.2) is 4.79 Å². The van der Waals surface area contributed by atoms with Crippen LogP contribution in [0.2, 0.25) is 0 Å². The number of esters is 1. The molecule has 3 N–H and O–H groups in total. The van der Waals surface area contributed by atoms with Crippen LogP contribution < -0.4 is 0 Å². The predicted molar refractivity (Wildman–Crippen MR) is 59.6 cm³/mol. The van der Waals surface area contributed by atoms with E-state index in [2.05, 4.69) is 0 Å². The van der Waals surface area contributed by atoms with Crippen LogP contribution >= 0.6 is 0 Å². The molecule has 4 atom stereocenters. The van der Waals surface area contributed by atoms with Crippen molar-refractivity contribution in [1.82, 2.24) is 0 Å². The van der Waals surface area contributed by atoms with Gasteiger partial charge < -0.3 is 24.8 Å². The molecule has 0 amide bonds. The number of aliphatic hydroxyl groups excluding tert-OH is 3. The van der Waals surface area contributed by atoms with Gasteiger partial charge in [0.25, 0.3) is 0 Å². The highest BCUT2D eigenvalue weighted by Gasteiger charge is 2.45. The number of rotatable bonds is 3. The summed E-state index contributed by atoms with van der Waals surface area (Å²) in [6.07, 6.45) is -4.84. The molecule has 0 aliphatic carbocycles. The van der Waals surface area contributed by atoms with Gasteiger partial charge in [0.1, 0.15) is 12.2 Å². The summed E-state index contributed by atoms with van der Waals surface area (Å²) in [7, 11) is 0. The average molecular weight is 254 g/mol. The Morgan fingerprint density at radius 3 is 2.56 bits per heavy atom. The lowest BCUT2D eigenvalue weighted by Crippen LogP contribution is -2.38. The minimum Gasteiger partial charge on any atom is -0.453 e. The first-order valence-corrected chi connectivity index (χ1v) is 5.52. The Bertz CT molecular complexity index is 406. The summed E-state index contributed by atoms with van der Waals surface area (Å²) in [5, 5.41) is 27.9. The molecule has 1 aromatic carbocycles. The zero-order valence-electron chi connectivity index (χ0n) is 9.47. The highest BCUT2D eigenvalue weighted by atomic mass is 16.7. The Labute approximate surface area is 103 Å². The van der Waals surface area contributed by atoms with Crippen molar-refractivity contribution in [2.24, 2.45) is 0 Å². The first-order valence-electron chi connectivity index (χ1n) is 5.52. The van der Waals surface area contributed by atoms with Crippen LogP contribution in [0.15, 0.2) is 30.3 Å². The molecule has 0 unspecified atom stereocenters. The second kappa shape index (κ2) is 5.45. The Kier molecular flexibility index (Phi) is 3.93. The van der Waals surface area contributed by atoms with Crippen LogP contribution in [0.4, 0.5) is 0 Å². The topological polar surface area (TPSA) is 96.2 Å². The van der Waals surface area contributed by atoms with Crippen LogP contribution in [0.1, 0.15) is 10.4 Å². The van der Waals surface area contributed by atoms with Crippen LogP contribution in [0.5, 0.6) is 0 Å². The summed E-state index contributed by atoms with van der Waals surface area (Å²) in [6.45, 7) is -0.457. The summed E-state index contributed by atoms with van der Waals surface area (Å²) in [5.74, 6) is -0.643. The Morgan fingerprint density at radius 1 is 1.28 bits per heavy atom. The fourth-order valence-electron chi connectivity index (χ4n) is 1.78. The van der Waals surface area contributed by atoms with Crippen molar-refractivity contribution >= 4 is 5.97 Å². The monoisotopic (exact) mass is 254 g/mol. The Hall–Kier alpha value is -1.47. The molecule has 1 fully saturated rings. The lowest BCUT2D eigenvalue weighted by Gasteiger charge is -2.18. The molecule has 18 heavy (non-hydrogen) atoms. The van der Waals surface area contributed by atoms with Crippen LogP contribution in [0.25, 0.3) is 0 Å². The first-order chi connectivity index (χ1) is 8.63. The van der Waals surface area contributed by atoms with Gasteiger partial charge in [-0.15, -0.1) is 0 Å². The normalized spacial score (nSPS) is 31.3. The molecule has 0 bridgehead atoms. The fraction of sp³-hybridized carbons (Fsp3) is 0.417. The zero-order chi connectivity index (χ0) is 13.1. The van der Waals surface area contributed by atoms with E-state index in [0.29, 0.717) is 5.56 Å². The van der Waals surface area contributed by atoms with Crippen LogP contribution in [-0.2, 0) is 9.47 Å². The first kappa shape index (κ1) is 13.0. The number of benzene rings is 1. The molecule has 1 saturated heterocycles. The number of aliphatic hydroxyl groups is 3. The van der Waals surface area contributed by atoms with Gasteiger partial charge in [0, 0.05) is 0 Å². The molecule has 6 heteroatoms. The summed E-state index contributed by atoms with van der Waals surface area (Å²) in [5.41, 5.74) is 0.322. The smallest absolute Gasteiger partial charge is 0.338 e. The maximum Gasteiger partial charge on any atom is 0.338 e. The van der Waals surface area contributed by atoms with Gasteiger partial charge in [-0.05, 0) is 12.1 Å². The third-order valence-corrected chi connectivity index (χ3v) is 2.74. The van der Waals surface area contributed by atoms with Crippen molar-refractivity contribution in [1.29, 1.82) is 0 Å². The minimum atomic E-state index is -1.46. The number of carbonyl (C=O) groups is 1. The van der Waals surface area contributed by atoms with Crippen molar-refractivity contribution in [2.45, 2.75) is 24.6 Å². The SMILES string of the molecule is O=C(O[C@H]1[C@H](O)[C@H](O)O[C@@H]1CO)c1ccccc1. The van der Waals surface area contributed by atoms with Crippen molar-refractivity contribution in [3.05, 3.63) is 35.9 Å². The molecular formula is C12H14O6. The third-order valence-electron chi connectivity index (χ3n) is 2.74. The fourth-order valence-corrected chi connectivity index (χ4v) is 1.78. The van der Waals surface area contributed by atoms with E-state index in [9.17, 15) is 15.0 Å². The largest absolute Gasteiger partial charge is 0.453 e. The van der Waals surface area contributed by atoms with E-state index in [0.717, 1.165) is 0 Å². The van der Waals surface area contributed by atoms with E-state index in [1.807, 2.05) is 0 Å². The van der Waals surface area contributed by atoms with Gasteiger partial charge in [-0.2, -0.15) is 0 Å². The summed E-state index contributed by atoms with van der Waals surface area (Å²) < 4.78 is 9.90. The van der Waals surface area contributed by atoms with E-state index in [1.165, 1.54) is 0 Å². The molecular weight excluding hydrogens is 240 g/mol. The van der Waals surface area contributed by atoms with Crippen molar-refractivity contribution in [3.8, 4) is 0 Å². The molecule has 0 aromatic heterocycles. The highest BCUT2D eigenvalue weighted by Crippen LogP contribution is 2.23. The average Bonchev–Trinajstić information content (AvgIpc) is 2.67. The number of hydrogen-bond acceptors (Lipinski definition) is 6. The van der Waals surface area contributed by atoms with Crippen molar-refractivity contribution in [2.75, 3.05) is 6.61 Å². The summed E-state index contributed by atoms with van der Waals surface area (Å²) in [4.78, 5) is 11.8. The Balaban J connectivity index is 2.06. The van der Waals surface area contributed by atoms with E-state index in [4.69, 9.17) is 14.6 Å². The van der Waals surface area contributed by atoms with Crippen molar-refractivity contribution in [3.63, 3.8) is 0 Å². The molecule has 98 valence electrons. The van der Waals surface area contributed by atoms with E-state index in [-0.39, 0.29) is 0 Å². The molecule has 0 radical (unpaired) electrons. The highest BCUT2D eigenvalue weighted by molar-refractivity contribution is 5.89. The van der Waals surface area contributed by atoms with Gasteiger partial charge in [0.05, 0.1) is 12.2 Å². The Morgan fingerprint density at radius 2 is 1.94 bits per heavy atom. The molecule has 1 aliphatic rings. The van der Waals surface area contributed by atoms with Crippen LogP contribution in [0, 0.1) is 0 Å². The zero-order valence-corrected chi connectivity index (χ0v) is 9.47. The number of carbonyl (C=O) groups excluding carboxylic acids is 1. The molecule has 0 saturated carbocycles. The summed E-state index contributed by atoms with van der Waals surface area (Å²) >= 11 is 0. The molecule has 6 nitrogen and oxygen atoms in total. The van der Waals surface area contributed by atoms with Gasteiger partial charge in [0.15, 0.2) is 12.4 Å². The van der Waals surface area contributed by atoms with E-state index >= 15 is 0 Å². The molecule has 1 aliphatic heterocycles. The van der Waals surface area contributed by atoms with Gasteiger partial charge in [-0.3, -0.25) is 0 Å². The number of ether oxygens (including phenoxy) is 2. The molecule has 0 spiro atoms. The third kappa shape index (κ3) is 2.51. The second-order valence-corrected chi connectivity index (χ2v) is 3.97. The van der Waals surface area contributed by atoms with E-state index < -0.39 is 37.2 Å². The second-order valence-electron chi connectivity index (χ2n) is 3.97. The minimum absolute atomic E-state index is 0.322. The van der Waals surface area contributed by atoms with Gasteiger partial charge >= 0.3 is 5.97 Å². The molecule has 1 heterocycles. The van der Waals surface area contributed by atoms with Gasteiger partial charge in [-0.1, -0.05) is 18.2 Å². The summed E-state index contributed by atoms with van der Waals surface area (Å²) in [6, 6.07) is 8.24. The predicted octanol–water partition coefficient (Wildman–Crippen LogP) is -0.718.